The second kappa shape index (κ2) is 6.97. The highest BCUT2D eigenvalue weighted by atomic mass is 16.1. The quantitative estimate of drug-likeness (QED) is 0.241. The molecule has 48 valence electrons. The van der Waals surface area contributed by atoms with Gasteiger partial charge in [0.15, 0.2) is 5.94 Å². The van der Waals surface area contributed by atoms with Crippen molar-refractivity contribution in [3.8, 4) is 0 Å². The molecule has 0 spiro atoms. The second-order valence-electron chi connectivity index (χ2n) is 1.67. The summed E-state index contributed by atoms with van der Waals surface area (Å²) in [5.41, 5.74) is 2.34. The lowest BCUT2D eigenvalue weighted by Gasteiger charge is -1.83. The number of carbonyl (C=O) groups excluding carboxylic acids is 1. The summed E-state index contributed by atoms with van der Waals surface area (Å²) in [7, 11) is 0. The smallest absolute Gasteiger partial charge is 0.176 e. The fraction of sp³-hybridized carbons (Fsp3) is 0.375. The van der Waals surface area contributed by atoms with Crippen molar-refractivity contribution < 1.29 is 4.79 Å². The van der Waals surface area contributed by atoms with E-state index in [1.54, 1.807) is 12.0 Å². The molecule has 0 atom stereocenters. The Kier molecular flexibility index (Phi) is 6.17. The first-order valence-electron chi connectivity index (χ1n) is 2.97. The van der Waals surface area contributed by atoms with Crippen LogP contribution in [0.1, 0.15) is 19.3 Å². The van der Waals surface area contributed by atoms with Crippen LogP contribution in [0.3, 0.4) is 0 Å². The zero-order valence-corrected chi connectivity index (χ0v) is 5.39. The molecule has 0 bridgehead atoms. The minimum atomic E-state index is 0.890. The minimum absolute atomic E-state index is 0.890. The predicted molar refractivity (Wildman–Crippen MR) is 37.8 cm³/mol. The molecule has 0 rings (SSSR count). The molecule has 0 saturated heterocycles. The Bertz CT molecular complexity index is 146. The molecule has 0 aromatic rings. The van der Waals surface area contributed by atoms with Gasteiger partial charge in [-0.25, -0.2) is 4.79 Å². The molecule has 0 aliphatic rings. The van der Waals surface area contributed by atoms with E-state index in [-0.39, 0.29) is 0 Å². The van der Waals surface area contributed by atoms with Crippen molar-refractivity contribution in [2.75, 3.05) is 0 Å². The van der Waals surface area contributed by atoms with Crippen LogP contribution in [-0.4, -0.2) is 5.94 Å². The van der Waals surface area contributed by atoms with Crippen LogP contribution in [-0.2, 0) is 4.79 Å². The fourth-order valence-corrected chi connectivity index (χ4v) is 0.478. The van der Waals surface area contributed by atoms with Crippen LogP contribution in [0.4, 0.5) is 0 Å². The summed E-state index contributed by atoms with van der Waals surface area (Å²) in [6.07, 6.45) is 6.48. The molecule has 0 heterocycles. The van der Waals surface area contributed by atoms with Crippen LogP contribution in [0.2, 0.25) is 0 Å². The third-order valence-electron chi connectivity index (χ3n) is 0.918. The lowest BCUT2D eigenvalue weighted by Crippen LogP contribution is -1.65. The van der Waals surface area contributed by atoms with E-state index >= 15 is 0 Å². The third-order valence-corrected chi connectivity index (χ3v) is 0.918. The first-order valence-corrected chi connectivity index (χ1v) is 2.97. The number of hydrogen-bond acceptors (Lipinski definition) is 1. The number of rotatable bonds is 4. The highest BCUT2D eigenvalue weighted by Gasteiger charge is 1.76. The molecule has 1 heteroatoms. The maximum absolute atomic E-state index is 9.55. The summed E-state index contributed by atoms with van der Waals surface area (Å²) >= 11 is 0. The van der Waals surface area contributed by atoms with Gasteiger partial charge in [-0.2, -0.15) is 0 Å². The van der Waals surface area contributed by atoms with E-state index in [2.05, 4.69) is 12.3 Å². The number of allylic oxidation sites excluding steroid dienone is 2. The summed E-state index contributed by atoms with van der Waals surface area (Å²) in [5, 5.41) is 0. The van der Waals surface area contributed by atoms with Gasteiger partial charge < -0.3 is 0 Å². The van der Waals surface area contributed by atoms with Gasteiger partial charge in [-0.3, -0.25) is 0 Å². The molecule has 0 saturated carbocycles. The Morgan fingerprint density at radius 2 is 2.22 bits per heavy atom. The Hall–Kier alpha value is -1.03. The molecule has 0 aromatic heterocycles. The van der Waals surface area contributed by atoms with Crippen LogP contribution in [0.5, 0.6) is 0 Å². The van der Waals surface area contributed by atoms with Gasteiger partial charge in [0.05, 0.1) is 0 Å². The third kappa shape index (κ3) is 6.97. The van der Waals surface area contributed by atoms with E-state index in [9.17, 15) is 4.79 Å². The van der Waals surface area contributed by atoms with Gasteiger partial charge in [0.2, 0.25) is 0 Å². The van der Waals surface area contributed by atoms with Gasteiger partial charge in [0, 0.05) is 0 Å². The van der Waals surface area contributed by atoms with Crippen LogP contribution in [0.15, 0.2) is 24.5 Å². The average Bonchev–Trinajstić information content (AvgIpc) is 1.89. The lowest BCUT2D eigenvalue weighted by molar-refractivity contribution is 0.569. The molecule has 0 radical (unpaired) electrons. The molecule has 1 nitrogen and oxygen atoms in total. The molecule has 0 aliphatic heterocycles. The van der Waals surface area contributed by atoms with Crippen molar-refractivity contribution in [1.29, 1.82) is 0 Å². The zero-order chi connectivity index (χ0) is 6.95. The maximum atomic E-state index is 9.55. The van der Waals surface area contributed by atoms with Gasteiger partial charge in [0.25, 0.3) is 0 Å². The molecule has 0 fully saturated rings. The standard InChI is InChI=1S/C8H10O/c1-2-3-4-5-6-7-8-9/h2,6H,1,3-5H2. The van der Waals surface area contributed by atoms with Gasteiger partial charge in [0.1, 0.15) is 0 Å². The Labute approximate surface area is 55.4 Å². The highest BCUT2D eigenvalue weighted by Crippen LogP contribution is 1.94. The van der Waals surface area contributed by atoms with Crippen molar-refractivity contribution in [3.05, 3.63) is 24.5 Å². The van der Waals surface area contributed by atoms with Crippen LogP contribution in [0.25, 0.3) is 0 Å². The molecular formula is C8H10O. The number of unbranched alkanes of at least 4 members (excludes halogenated alkanes) is 2. The molecule has 0 N–H and O–H groups in total. The molecular weight excluding hydrogens is 112 g/mol. The molecule has 9 heavy (non-hydrogen) atoms. The van der Waals surface area contributed by atoms with Gasteiger partial charge in [-0.15, -0.1) is 6.58 Å². The van der Waals surface area contributed by atoms with Gasteiger partial charge in [-0.05, 0) is 31.1 Å². The summed E-state index contributed by atoms with van der Waals surface area (Å²) in [6, 6.07) is 0. The molecule has 0 amide bonds. The van der Waals surface area contributed by atoms with E-state index in [1.807, 2.05) is 6.08 Å². The monoisotopic (exact) mass is 122 g/mol. The Morgan fingerprint density at radius 3 is 2.78 bits per heavy atom. The van der Waals surface area contributed by atoms with Crippen molar-refractivity contribution in [1.82, 2.24) is 0 Å². The van der Waals surface area contributed by atoms with E-state index < -0.39 is 0 Å². The summed E-state index contributed by atoms with van der Waals surface area (Å²) < 4.78 is 0. The first kappa shape index (κ1) is 7.97. The van der Waals surface area contributed by atoms with Crippen LogP contribution >= 0.6 is 0 Å². The second-order valence-corrected chi connectivity index (χ2v) is 1.67. The van der Waals surface area contributed by atoms with E-state index in [0.717, 1.165) is 19.3 Å². The normalized spacial score (nSPS) is 7.11. The fourth-order valence-electron chi connectivity index (χ4n) is 0.478. The SMILES string of the molecule is C=CCCCC=C=C=O. The average molecular weight is 122 g/mol. The molecule has 0 aromatic carbocycles. The van der Waals surface area contributed by atoms with Crippen LogP contribution in [0, 0.1) is 0 Å². The van der Waals surface area contributed by atoms with Gasteiger partial charge >= 0.3 is 0 Å². The largest absolute Gasteiger partial charge is 0.224 e. The molecule has 0 aliphatic carbocycles. The maximum Gasteiger partial charge on any atom is 0.176 e. The van der Waals surface area contributed by atoms with Crippen molar-refractivity contribution in [2.24, 2.45) is 0 Å². The minimum Gasteiger partial charge on any atom is -0.224 e. The topological polar surface area (TPSA) is 17.1 Å². The Morgan fingerprint density at radius 1 is 1.44 bits per heavy atom. The van der Waals surface area contributed by atoms with Crippen molar-refractivity contribution >= 4 is 5.94 Å². The first-order chi connectivity index (χ1) is 4.41. The predicted octanol–water partition coefficient (Wildman–Crippen LogP) is 1.89. The van der Waals surface area contributed by atoms with Crippen molar-refractivity contribution in [2.45, 2.75) is 19.3 Å². The lowest BCUT2D eigenvalue weighted by atomic mass is 10.2. The van der Waals surface area contributed by atoms with Crippen molar-refractivity contribution in [3.63, 3.8) is 0 Å². The summed E-state index contributed by atoms with van der Waals surface area (Å²) in [4.78, 5) is 9.55. The Balaban J connectivity index is 3.19. The number of hydrogen-bond donors (Lipinski definition) is 0. The van der Waals surface area contributed by atoms with E-state index in [1.165, 1.54) is 0 Å². The van der Waals surface area contributed by atoms with Crippen LogP contribution < -0.4 is 0 Å². The summed E-state index contributed by atoms with van der Waals surface area (Å²) in [6.45, 7) is 3.57. The van der Waals surface area contributed by atoms with E-state index in [0.29, 0.717) is 0 Å². The van der Waals surface area contributed by atoms with Gasteiger partial charge in [-0.1, -0.05) is 6.08 Å². The summed E-state index contributed by atoms with van der Waals surface area (Å²) in [5.74, 6) is 1.56. The zero-order valence-electron chi connectivity index (χ0n) is 5.39. The highest BCUT2D eigenvalue weighted by molar-refractivity contribution is 5.43. The molecule has 0 unspecified atom stereocenters. The van der Waals surface area contributed by atoms with E-state index in [4.69, 9.17) is 0 Å².